The van der Waals surface area contributed by atoms with Crippen molar-refractivity contribution in [2.24, 2.45) is 0 Å². The monoisotopic (exact) mass is 339 g/mol. The lowest BCUT2D eigenvalue weighted by atomic mass is 10.2. The standard InChI is InChI=1S/C16H10ClN5O2/c17-13-3-1-2-11(6-13)15-5-4-14(24-15)7-12(8-18)16(23)21-22-9-19-20-10-22/h1-7,9-10H,(H,21,23). The molecule has 0 fully saturated rings. The average Bonchev–Trinajstić information content (AvgIpc) is 3.24. The highest BCUT2D eigenvalue weighted by molar-refractivity contribution is 6.30. The zero-order valence-corrected chi connectivity index (χ0v) is 12.9. The molecular formula is C16H10ClN5O2. The van der Waals surface area contributed by atoms with E-state index in [9.17, 15) is 4.79 Å². The molecule has 0 aliphatic carbocycles. The summed E-state index contributed by atoms with van der Waals surface area (Å²) in [6, 6.07) is 12.4. The Kier molecular flexibility index (Phi) is 4.40. The largest absolute Gasteiger partial charge is 0.457 e. The van der Waals surface area contributed by atoms with Gasteiger partial charge in [-0.15, -0.1) is 10.2 Å². The first-order chi connectivity index (χ1) is 11.7. The molecular weight excluding hydrogens is 330 g/mol. The van der Waals surface area contributed by atoms with E-state index in [0.717, 1.165) is 5.56 Å². The summed E-state index contributed by atoms with van der Waals surface area (Å²) >= 11 is 5.96. The molecule has 24 heavy (non-hydrogen) atoms. The minimum atomic E-state index is -0.599. The number of carbonyl (C=O) groups excluding carboxylic acids is 1. The van der Waals surface area contributed by atoms with E-state index in [-0.39, 0.29) is 5.57 Å². The fourth-order valence-corrected chi connectivity index (χ4v) is 2.14. The van der Waals surface area contributed by atoms with Crippen LogP contribution in [0.3, 0.4) is 0 Å². The molecule has 2 aromatic heterocycles. The molecule has 0 aliphatic rings. The van der Waals surface area contributed by atoms with Crippen LogP contribution in [0.5, 0.6) is 0 Å². The summed E-state index contributed by atoms with van der Waals surface area (Å²) < 4.78 is 6.89. The number of amides is 1. The van der Waals surface area contributed by atoms with Crippen LogP contribution in [0.15, 0.2) is 59.0 Å². The molecule has 0 saturated carbocycles. The minimum absolute atomic E-state index is 0.115. The van der Waals surface area contributed by atoms with Crippen molar-refractivity contribution >= 4 is 23.6 Å². The first-order valence-electron chi connectivity index (χ1n) is 6.79. The van der Waals surface area contributed by atoms with Gasteiger partial charge in [0, 0.05) is 16.7 Å². The Bertz CT molecular complexity index is 938. The maximum Gasteiger partial charge on any atom is 0.280 e. The quantitative estimate of drug-likeness (QED) is 0.582. The molecule has 0 radical (unpaired) electrons. The van der Waals surface area contributed by atoms with Gasteiger partial charge in [0.1, 0.15) is 35.8 Å². The molecule has 8 heteroatoms. The number of rotatable bonds is 4. The van der Waals surface area contributed by atoms with Gasteiger partial charge in [-0.3, -0.25) is 10.2 Å². The second-order valence-electron chi connectivity index (χ2n) is 4.69. The van der Waals surface area contributed by atoms with Crippen molar-refractivity contribution in [2.75, 3.05) is 5.43 Å². The van der Waals surface area contributed by atoms with Crippen molar-refractivity contribution in [1.82, 2.24) is 14.9 Å². The van der Waals surface area contributed by atoms with Crippen molar-refractivity contribution in [3.05, 3.63) is 65.4 Å². The van der Waals surface area contributed by atoms with Crippen molar-refractivity contribution in [3.8, 4) is 17.4 Å². The van der Waals surface area contributed by atoms with Crippen LogP contribution in [-0.2, 0) is 4.79 Å². The Morgan fingerprint density at radius 3 is 2.79 bits per heavy atom. The Hall–Kier alpha value is -3.37. The van der Waals surface area contributed by atoms with Crippen LogP contribution in [-0.4, -0.2) is 20.8 Å². The van der Waals surface area contributed by atoms with Gasteiger partial charge in [-0.1, -0.05) is 23.7 Å². The maximum atomic E-state index is 12.0. The zero-order valence-electron chi connectivity index (χ0n) is 12.2. The van der Waals surface area contributed by atoms with Gasteiger partial charge in [-0.25, -0.2) is 4.68 Å². The van der Waals surface area contributed by atoms with Crippen molar-refractivity contribution in [1.29, 1.82) is 5.26 Å². The Morgan fingerprint density at radius 1 is 1.29 bits per heavy atom. The predicted octanol–water partition coefficient (Wildman–Crippen LogP) is 2.87. The molecule has 7 nitrogen and oxygen atoms in total. The lowest BCUT2D eigenvalue weighted by molar-refractivity contribution is -0.113. The molecule has 0 unspecified atom stereocenters. The number of benzene rings is 1. The molecule has 1 N–H and O–H groups in total. The number of halogens is 1. The van der Waals surface area contributed by atoms with Crippen molar-refractivity contribution in [2.45, 2.75) is 0 Å². The van der Waals surface area contributed by atoms with E-state index in [2.05, 4.69) is 15.6 Å². The number of nitrogens with one attached hydrogen (secondary N) is 1. The zero-order chi connectivity index (χ0) is 16.9. The number of aromatic nitrogens is 3. The lowest BCUT2D eigenvalue weighted by Gasteiger charge is -2.02. The summed E-state index contributed by atoms with van der Waals surface area (Å²) in [7, 11) is 0. The highest BCUT2D eigenvalue weighted by atomic mass is 35.5. The molecule has 0 bridgehead atoms. The Morgan fingerprint density at radius 2 is 2.08 bits per heavy atom. The Labute approximate surface area is 141 Å². The number of nitriles is 1. The van der Waals surface area contributed by atoms with Gasteiger partial charge in [-0.2, -0.15) is 5.26 Å². The van der Waals surface area contributed by atoms with Gasteiger partial charge in [0.25, 0.3) is 5.91 Å². The normalized spacial score (nSPS) is 11.1. The molecule has 0 spiro atoms. The smallest absolute Gasteiger partial charge is 0.280 e. The third-order valence-electron chi connectivity index (χ3n) is 3.04. The molecule has 118 valence electrons. The van der Waals surface area contributed by atoms with Gasteiger partial charge >= 0.3 is 0 Å². The second kappa shape index (κ2) is 6.81. The van der Waals surface area contributed by atoms with E-state index in [4.69, 9.17) is 21.3 Å². The third-order valence-corrected chi connectivity index (χ3v) is 3.27. The molecule has 0 saturated heterocycles. The van der Waals surface area contributed by atoms with Gasteiger partial charge in [-0.05, 0) is 24.3 Å². The van der Waals surface area contributed by atoms with Gasteiger partial charge in [0.15, 0.2) is 0 Å². The van der Waals surface area contributed by atoms with Gasteiger partial charge in [0.05, 0.1) is 0 Å². The minimum Gasteiger partial charge on any atom is -0.457 e. The highest BCUT2D eigenvalue weighted by Gasteiger charge is 2.11. The Balaban J connectivity index is 1.82. The van der Waals surface area contributed by atoms with Crippen LogP contribution in [0.25, 0.3) is 17.4 Å². The number of hydrogen-bond donors (Lipinski definition) is 1. The SMILES string of the molecule is N#CC(=Cc1ccc(-c2cccc(Cl)c2)o1)C(=O)Nn1cnnc1. The van der Waals surface area contributed by atoms with E-state index in [1.807, 2.05) is 18.2 Å². The first-order valence-corrected chi connectivity index (χ1v) is 7.17. The molecule has 0 aliphatic heterocycles. The summed E-state index contributed by atoms with van der Waals surface area (Å²) in [5.74, 6) is 0.360. The van der Waals surface area contributed by atoms with Crippen LogP contribution < -0.4 is 5.43 Å². The molecule has 3 aromatic rings. The van der Waals surface area contributed by atoms with Crippen LogP contribution >= 0.6 is 11.6 Å². The summed E-state index contributed by atoms with van der Waals surface area (Å²) in [6.45, 7) is 0. The van der Waals surface area contributed by atoms with E-state index in [1.165, 1.54) is 23.4 Å². The second-order valence-corrected chi connectivity index (χ2v) is 5.13. The molecule has 1 aromatic carbocycles. The van der Waals surface area contributed by atoms with Gasteiger partial charge in [0.2, 0.25) is 0 Å². The van der Waals surface area contributed by atoms with E-state index in [0.29, 0.717) is 16.5 Å². The maximum absolute atomic E-state index is 12.0. The molecule has 0 atom stereocenters. The van der Waals surface area contributed by atoms with E-state index >= 15 is 0 Å². The fraction of sp³-hybridized carbons (Fsp3) is 0. The van der Waals surface area contributed by atoms with Crippen LogP contribution in [0, 0.1) is 11.3 Å². The first kappa shape index (κ1) is 15.5. The average molecular weight is 340 g/mol. The fourth-order valence-electron chi connectivity index (χ4n) is 1.95. The van der Waals surface area contributed by atoms with Crippen LogP contribution in [0.4, 0.5) is 0 Å². The highest BCUT2D eigenvalue weighted by Crippen LogP contribution is 2.25. The summed E-state index contributed by atoms with van der Waals surface area (Å²) in [5.41, 5.74) is 3.13. The number of nitrogens with zero attached hydrogens (tertiary/aromatic N) is 4. The van der Waals surface area contributed by atoms with Gasteiger partial charge < -0.3 is 4.42 Å². The summed E-state index contributed by atoms with van der Waals surface area (Å²) in [6.07, 6.45) is 3.96. The van der Waals surface area contributed by atoms with Crippen LogP contribution in [0.2, 0.25) is 5.02 Å². The topological polar surface area (TPSA) is 96.7 Å². The number of hydrogen-bond acceptors (Lipinski definition) is 5. The van der Waals surface area contributed by atoms with Crippen molar-refractivity contribution in [3.63, 3.8) is 0 Å². The third kappa shape index (κ3) is 3.51. The van der Waals surface area contributed by atoms with Crippen LogP contribution in [0.1, 0.15) is 5.76 Å². The van der Waals surface area contributed by atoms with Crippen molar-refractivity contribution < 1.29 is 9.21 Å². The predicted molar refractivity (Wildman–Crippen MR) is 87.1 cm³/mol. The number of furan rings is 1. The summed E-state index contributed by atoms with van der Waals surface area (Å²) in [4.78, 5) is 12.0. The molecule has 3 rings (SSSR count). The molecule has 2 heterocycles. The molecule has 1 amide bonds. The summed E-state index contributed by atoms with van der Waals surface area (Å²) in [5, 5.41) is 16.9. The van der Waals surface area contributed by atoms with E-state index in [1.54, 1.807) is 24.3 Å². The van der Waals surface area contributed by atoms with E-state index < -0.39 is 5.91 Å². The lowest BCUT2D eigenvalue weighted by Crippen LogP contribution is -2.22. The number of carbonyl (C=O) groups is 1.